The summed E-state index contributed by atoms with van der Waals surface area (Å²) in [5, 5.41) is -0.900. The molecule has 3 atom stereocenters. The van der Waals surface area contributed by atoms with Crippen LogP contribution in [-0.4, -0.2) is 43.6 Å². The average Bonchev–Trinajstić information content (AvgIpc) is 3.04. The number of hydrogen-bond acceptors (Lipinski definition) is 4. The van der Waals surface area contributed by atoms with Gasteiger partial charge in [-0.1, -0.05) is 30.3 Å². The number of amides is 1. The van der Waals surface area contributed by atoms with Crippen molar-refractivity contribution in [3.8, 4) is 0 Å². The molecule has 2 N–H and O–H groups in total. The third-order valence-electron chi connectivity index (χ3n) is 5.08. The van der Waals surface area contributed by atoms with Crippen LogP contribution in [0.3, 0.4) is 0 Å². The second kappa shape index (κ2) is 7.78. The Bertz CT molecular complexity index is 901. The molecule has 0 saturated carbocycles. The summed E-state index contributed by atoms with van der Waals surface area (Å²) in [6, 6.07) is 14.2. The third kappa shape index (κ3) is 4.20. The molecule has 0 aromatic heterocycles. The minimum absolute atomic E-state index is 0.0180. The number of sulfone groups is 1. The maximum atomic E-state index is 13.0. The monoisotopic (exact) mass is 390 g/mol. The Kier molecular flexibility index (Phi) is 5.62. The van der Waals surface area contributed by atoms with Gasteiger partial charge in [-0.05, 0) is 36.8 Å². The number of likely N-dealkylation sites (tertiary alicyclic amines) is 1. The summed E-state index contributed by atoms with van der Waals surface area (Å²) in [6.07, 6.45) is -0.131. The SMILES string of the molecule is CC(CC(=O)N1C[C@@H](N)[C@H](c2ccccc2)C1)S(=O)(=O)c1ccc(F)cc1. The van der Waals surface area contributed by atoms with Crippen molar-refractivity contribution in [2.75, 3.05) is 13.1 Å². The Morgan fingerprint density at radius 2 is 1.78 bits per heavy atom. The minimum atomic E-state index is -3.70. The van der Waals surface area contributed by atoms with Crippen molar-refractivity contribution in [3.63, 3.8) is 0 Å². The van der Waals surface area contributed by atoms with Gasteiger partial charge in [0.05, 0.1) is 10.1 Å². The van der Waals surface area contributed by atoms with E-state index in [1.165, 1.54) is 19.1 Å². The topological polar surface area (TPSA) is 80.5 Å². The van der Waals surface area contributed by atoms with Crippen molar-refractivity contribution >= 4 is 15.7 Å². The Labute approximate surface area is 158 Å². The van der Waals surface area contributed by atoms with Crippen molar-refractivity contribution in [2.45, 2.75) is 35.4 Å². The summed E-state index contributed by atoms with van der Waals surface area (Å²) in [6.45, 7) is 2.39. The predicted molar refractivity (Wildman–Crippen MR) is 101 cm³/mol. The fourth-order valence-electron chi connectivity index (χ4n) is 3.43. The van der Waals surface area contributed by atoms with Gasteiger partial charge in [-0.15, -0.1) is 0 Å². The van der Waals surface area contributed by atoms with Crippen LogP contribution in [0.25, 0.3) is 0 Å². The second-order valence-electron chi connectivity index (χ2n) is 6.99. The fraction of sp³-hybridized carbons (Fsp3) is 0.350. The zero-order valence-electron chi connectivity index (χ0n) is 15.1. The molecule has 2 aromatic rings. The lowest BCUT2D eigenvalue weighted by atomic mass is 9.95. The lowest BCUT2D eigenvalue weighted by Crippen LogP contribution is -2.35. The molecule has 0 aliphatic carbocycles. The summed E-state index contributed by atoms with van der Waals surface area (Å²) >= 11 is 0. The van der Waals surface area contributed by atoms with Gasteiger partial charge in [-0.25, -0.2) is 12.8 Å². The second-order valence-corrected chi connectivity index (χ2v) is 9.36. The van der Waals surface area contributed by atoms with Crippen LogP contribution in [0.1, 0.15) is 24.8 Å². The van der Waals surface area contributed by atoms with E-state index < -0.39 is 20.9 Å². The molecule has 0 radical (unpaired) electrons. The Morgan fingerprint density at radius 1 is 1.15 bits per heavy atom. The van der Waals surface area contributed by atoms with Crippen molar-refractivity contribution < 1.29 is 17.6 Å². The summed E-state index contributed by atoms with van der Waals surface area (Å²) in [5.41, 5.74) is 7.29. The van der Waals surface area contributed by atoms with E-state index >= 15 is 0 Å². The largest absolute Gasteiger partial charge is 0.340 e. The predicted octanol–water partition coefficient (Wildman–Crippen LogP) is 2.33. The Hall–Kier alpha value is -2.25. The molecule has 1 aliphatic heterocycles. The Balaban J connectivity index is 1.67. The van der Waals surface area contributed by atoms with Crippen LogP contribution in [0.4, 0.5) is 4.39 Å². The van der Waals surface area contributed by atoms with Gasteiger partial charge in [0, 0.05) is 31.5 Å². The van der Waals surface area contributed by atoms with Crippen LogP contribution in [0, 0.1) is 5.82 Å². The van der Waals surface area contributed by atoms with Crippen LogP contribution < -0.4 is 5.73 Å². The van der Waals surface area contributed by atoms with Crippen LogP contribution in [-0.2, 0) is 14.6 Å². The highest BCUT2D eigenvalue weighted by molar-refractivity contribution is 7.92. The standard InChI is InChI=1S/C20H23FN2O3S/c1-14(27(25,26)17-9-7-16(21)8-10-17)11-20(24)23-12-18(19(22)13-23)15-5-3-2-4-6-15/h2-10,14,18-19H,11-13,22H2,1H3/t14?,18-,19+/m0/s1. The summed E-state index contributed by atoms with van der Waals surface area (Å²) < 4.78 is 38.3. The molecule has 7 heteroatoms. The van der Waals surface area contributed by atoms with Gasteiger partial charge in [0.25, 0.3) is 0 Å². The maximum Gasteiger partial charge on any atom is 0.223 e. The number of rotatable bonds is 5. The van der Waals surface area contributed by atoms with Crippen molar-refractivity contribution in [3.05, 3.63) is 66.0 Å². The zero-order chi connectivity index (χ0) is 19.6. The van der Waals surface area contributed by atoms with E-state index in [9.17, 15) is 17.6 Å². The third-order valence-corrected chi connectivity index (χ3v) is 7.23. The molecule has 1 unspecified atom stereocenters. The first-order valence-corrected chi connectivity index (χ1v) is 10.4. The van der Waals surface area contributed by atoms with E-state index in [0.717, 1.165) is 17.7 Å². The number of benzene rings is 2. The van der Waals surface area contributed by atoms with E-state index in [2.05, 4.69) is 0 Å². The highest BCUT2D eigenvalue weighted by Gasteiger charge is 2.35. The molecule has 5 nitrogen and oxygen atoms in total. The van der Waals surface area contributed by atoms with Crippen molar-refractivity contribution in [1.29, 1.82) is 0 Å². The number of carbonyl (C=O) groups is 1. The molecule has 2 aromatic carbocycles. The van der Waals surface area contributed by atoms with Gasteiger partial charge in [0.1, 0.15) is 5.82 Å². The van der Waals surface area contributed by atoms with E-state index in [1.54, 1.807) is 4.90 Å². The molecule has 1 heterocycles. The highest BCUT2D eigenvalue weighted by atomic mass is 32.2. The number of hydrogen-bond donors (Lipinski definition) is 1. The minimum Gasteiger partial charge on any atom is -0.340 e. The van der Waals surface area contributed by atoms with Crippen molar-refractivity contribution in [2.24, 2.45) is 5.73 Å². The zero-order valence-corrected chi connectivity index (χ0v) is 15.9. The quantitative estimate of drug-likeness (QED) is 0.795. The molecule has 1 amide bonds. The number of halogens is 1. The first-order valence-electron chi connectivity index (χ1n) is 8.87. The lowest BCUT2D eigenvalue weighted by Gasteiger charge is -2.19. The lowest BCUT2D eigenvalue weighted by molar-refractivity contribution is -0.130. The summed E-state index contributed by atoms with van der Waals surface area (Å²) in [7, 11) is -3.70. The van der Waals surface area contributed by atoms with Crippen LogP contribution in [0.2, 0.25) is 0 Å². The molecule has 0 spiro atoms. The smallest absolute Gasteiger partial charge is 0.223 e. The first-order chi connectivity index (χ1) is 12.8. The molecule has 3 rings (SSSR count). The molecule has 27 heavy (non-hydrogen) atoms. The average molecular weight is 390 g/mol. The van der Waals surface area contributed by atoms with E-state index in [4.69, 9.17) is 5.73 Å². The molecular weight excluding hydrogens is 367 g/mol. The van der Waals surface area contributed by atoms with E-state index in [0.29, 0.717) is 13.1 Å². The molecule has 1 aliphatic rings. The number of carbonyl (C=O) groups excluding carboxylic acids is 1. The van der Waals surface area contributed by atoms with Crippen LogP contribution >= 0.6 is 0 Å². The first kappa shape index (κ1) is 19.5. The molecule has 1 saturated heterocycles. The van der Waals surface area contributed by atoms with E-state index in [-0.39, 0.29) is 29.2 Å². The van der Waals surface area contributed by atoms with Gasteiger partial charge in [-0.3, -0.25) is 4.79 Å². The molecule has 1 fully saturated rings. The molecular formula is C20H23FN2O3S. The maximum absolute atomic E-state index is 13.0. The number of nitrogens with two attached hydrogens (primary N) is 1. The molecule has 144 valence electrons. The normalized spacial score (nSPS) is 21.2. The van der Waals surface area contributed by atoms with Gasteiger partial charge in [0.2, 0.25) is 5.91 Å². The summed E-state index contributed by atoms with van der Waals surface area (Å²) in [4.78, 5) is 14.3. The van der Waals surface area contributed by atoms with Crippen LogP contribution in [0.15, 0.2) is 59.5 Å². The van der Waals surface area contributed by atoms with Gasteiger partial charge >= 0.3 is 0 Å². The van der Waals surface area contributed by atoms with Gasteiger partial charge in [-0.2, -0.15) is 0 Å². The number of nitrogens with zero attached hydrogens (tertiary/aromatic N) is 1. The van der Waals surface area contributed by atoms with E-state index in [1.807, 2.05) is 30.3 Å². The van der Waals surface area contributed by atoms with Crippen molar-refractivity contribution in [1.82, 2.24) is 4.90 Å². The Morgan fingerprint density at radius 3 is 2.41 bits per heavy atom. The highest BCUT2D eigenvalue weighted by Crippen LogP contribution is 2.28. The van der Waals surface area contributed by atoms with Crippen LogP contribution in [0.5, 0.6) is 0 Å². The van der Waals surface area contributed by atoms with Gasteiger partial charge in [0.15, 0.2) is 9.84 Å². The fourth-order valence-corrected chi connectivity index (χ4v) is 4.77. The summed E-state index contributed by atoms with van der Waals surface area (Å²) in [5.74, 6) is -0.697. The van der Waals surface area contributed by atoms with Gasteiger partial charge < -0.3 is 10.6 Å². The molecule has 0 bridgehead atoms.